The smallest absolute Gasteiger partial charge is 0.336 e. The van der Waals surface area contributed by atoms with E-state index in [9.17, 15) is 22.8 Å². The van der Waals surface area contributed by atoms with E-state index in [0.29, 0.717) is 29.5 Å². The Bertz CT molecular complexity index is 1380. The van der Waals surface area contributed by atoms with Gasteiger partial charge in [-0.15, -0.1) is 0 Å². The Morgan fingerprint density at radius 1 is 0.833 bits per heavy atom. The average molecular weight is 494 g/mol. The van der Waals surface area contributed by atoms with Gasteiger partial charge in [0.25, 0.3) is 11.8 Å². The molecule has 186 valence electrons. The van der Waals surface area contributed by atoms with Crippen LogP contribution >= 0.6 is 0 Å². The number of carbonyl (C=O) groups is 2. The van der Waals surface area contributed by atoms with Crippen molar-refractivity contribution in [2.24, 2.45) is 5.92 Å². The summed E-state index contributed by atoms with van der Waals surface area (Å²) < 4.78 is 40.4. The van der Waals surface area contributed by atoms with Crippen LogP contribution < -0.4 is 10.6 Å². The first-order valence-electron chi connectivity index (χ1n) is 11.6. The molecular weight excluding hydrogens is 467 g/mol. The fourth-order valence-electron chi connectivity index (χ4n) is 3.90. The minimum absolute atomic E-state index is 0.112. The van der Waals surface area contributed by atoms with Crippen LogP contribution in [-0.2, 0) is 12.7 Å². The number of fused-ring (bicyclic) bond motifs is 1. The number of amides is 2. The molecule has 8 heteroatoms. The molecule has 0 fully saturated rings. The molecule has 0 radical (unpaired) electrons. The first kappa shape index (κ1) is 25.0. The molecule has 0 aliphatic heterocycles. The van der Waals surface area contributed by atoms with Crippen LogP contribution in [0.5, 0.6) is 0 Å². The van der Waals surface area contributed by atoms with Crippen molar-refractivity contribution >= 4 is 34.1 Å². The highest BCUT2D eigenvalue weighted by Gasteiger charge is 2.30. The van der Waals surface area contributed by atoms with Gasteiger partial charge in [-0.3, -0.25) is 9.59 Å². The number of hydrogen-bond acceptors (Lipinski definition) is 2. The van der Waals surface area contributed by atoms with Crippen molar-refractivity contribution in [1.82, 2.24) is 4.57 Å². The van der Waals surface area contributed by atoms with Crippen molar-refractivity contribution < 1.29 is 22.8 Å². The molecule has 0 unspecified atom stereocenters. The zero-order valence-electron chi connectivity index (χ0n) is 19.9. The average Bonchev–Trinajstić information content (AvgIpc) is 3.21. The van der Waals surface area contributed by atoms with Gasteiger partial charge in [-0.1, -0.05) is 32.0 Å². The second-order valence-corrected chi connectivity index (χ2v) is 8.99. The number of aryl methyl sites for hydroxylation is 1. The lowest BCUT2D eigenvalue weighted by molar-refractivity contribution is -0.137. The van der Waals surface area contributed by atoms with E-state index in [4.69, 9.17) is 0 Å². The highest BCUT2D eigenvalue weighted by Crippen LogP contribution is 2.30. The minimum Gasteiger partial charge on any atom is -0.336 e. The van der Waals surface area contributed by atoms with E-state index in [2.05, 4.69) is 24.5 Å². The molecule has 0 saturated heterocycles. The number of alkyl halides is 3. The molecular formula is C28H26F3N3O2. The predicted octanol–water partition coefficient (Wildman–Crippen LogP) is 7.21. The number of nitrogens with one attached hydrogen (secondary N) is 2. The Balaban J connectivity index is 1.60. The van der Waals surface area contributed by atoms with Crippen molar-refractivity contribution in [2.45, 2.75) is 33.0 Å². The van der Waals surface area contributed by atoms with Gasteiger partial charge in [0.05, 0.1) is 5.56 Å². The molecule has 2 N–H and O–H groups in total. The molecule has 1 aromatic heterocycles. The van der Waals surface area contributed by atoms with Gasteiger partial charge in [0, 0.05) is 34.4 Å². The Hall–Kier alpha value is -4.07. The highest BCUT2D eigenvalue weighted by molar-refractivity contribution is 6.08. The van der Waals surface area contributed by atoms with Crippen molar-refractivity contribution in [3.8, 4) is 0 Å². The van der Waals surface area contributed by atoms with Crippen molar-refractivity contribution in [3.05, 3.63) is 95.7 Å². The molecule has 3 aromatic carbocycles. The van der Waals surface area contributed by atoms with Crippen LogP contribution in [0.4, 0.5) is 24.5 Å². The second kappa shape index (κ2) is 10.3. The summed E-state index contributed by atoms with van der Waals surface area (Å²) in [5.74, 6) is -0.323. The van der Waals surface area contributed by atoms with E-state index in [0.717, 1.165) is 41.6 Å². The first-order valence-corrected chi connectivity index (χ1v) is 11.6. The molecule has 4 rings (SSSR count). The largest absolute Gasteiger partial charge is 0.416 e. The number of nitrogens with zero attached hydrogens (tertiary/aromatic N) is 1. The quantitative estimate of drug-likeness (QED) is 0.286. The molecule has 0 bridgehead atoms. The topological polar surface area (TPSA) is 63.1 Å². The van der Waals surface area contributed by atoms with Gasteiger partial charge >= 0.3 is 6.18 Å². The van der Waals surface area contributed by atoms with Gasteiger partial charge in [-0.25, -0.2) is 0 Å². The number of rotatable bonds is 7. The Labute approximate surface area is 206 Å². The number of anilines is 2. The molecule has 0 saturated carbocycles. The van der Waals surface area contributed by atoms with E-state index in [-0.39, 0.29) is 11.5 Å². The van der Waals surface area contributed by atoms with Gasteiger partial charge < -0.3 is 15.2 Å². The third-order valence-corrected chi connectivity index (χ3v) is 5.83. The Morgan fingerprint density at radius 2 is 1.50 bits per heavy atom. The summed E-state index contributed by atoms with van der Waals surface area (Å²) in [5.41, 5.74) is 1.81. The number of aromatic nitrogens is 1. The Kier molecular flexibility index (Phi) is 7.15. The Morgan fingerprint density at radius 3 is 2.14 bits per heavy atom. The van der Waals surface area contributed by atoms with E-state index in [1.165, 1.54) is 0 Å². The molecule has 0 spiro atoms. The molecule has 5 nitrogen and oxygen atoms in total. The number of hydrogen-bond donors (Lipinski definition) is 2. The maximum absolute atomic E-state index is 13.1. The summed E-state index contributed by atoms with van der Waals surface area (Å²) in [6.07, 6.45) is -3.59. The zero-order chi connectivity index (χ0) is 25.9. The van der Waals surface area contributed by atoms with Crippen LogP contribution in [0.3, 0.4) is 0 Å². The maximum atomic E-state index is 13.1. The first-order chi connectivity index (χ1) is 17.1. The van der Waals surface area contributed by atoms with E-state index >= 15 is 0 Å². The summed E-state index contributed by atoms with van der Waals surface area (Å²) in [4.78, 5) is 25.7. The van der Waals surface area contributed by atoms with Crippen LogP contribution in [0.2, 0.25) is 0 Å². The summed E-state index contributed by atoms with van der Waals surface area (Å²) in [6, 6.07) is 20.3. The molecule has 0 aliphatic carbocycles. The zero-order valence-corrected chi connectivity index (χ0v) is 19.9. The maximum Gasteiger partial charge on any atom is 0.416 e. The highest BCUT2D eigenvalue weighted by atomic mass is 19.4. The summed E-state index contributed by atoms with van der Waals surface area (Å²) in [6.45, 7) is 4.88. The third-order valence-electron chi connectivity index (χ3n) is 5.83. The normalized spacial score (nSPS) is 11.6. The molecule has 2 amide bonds. The van der Waals surface area contributed by atoms with E-state index in [1.807, 2.05) is 41.0 Å². The summed E-state index contributed by atoms with van der Waals surface area (Å²) in [5, 5.41) is 6.41. The van der Waals surface area contributed by atoms with Crippen LogP contribution in [0.1, 0.15) is 46.7 Å². The lowest BCUT2D eigenvalue weighted by Gasteiger charge is -2.13. The van der Waals surface area contributed by atoms with Gasteiger partial charge in [0.2, 0.25) is 0 Å². The fourth-order valence-corrected chi connectivity index (χ4v) is 3.90. The van der Waals surface area contributed by atoms with Crippen molar-refractivity contribution in [1.29, 1.82) is 0 Å². The fraction of sp³-hybridized carbons (Fsp3) is 0.214. The van der Waals surface area contributed by atoms with Crippen LogP contribution in [0.15, 0.2) is 78.9 Å². The van der Waals surface area contributed by atoms with Gasteiger partial charge in [0.15, 0.2) is 0 Å². The van der Waals surface area contributed by atoms with Crippen molar-refractivity contribution in [3.63, 3.8) is 0 Å². The van der Waals surface area contributed by atoms with E-state index in [1.54, 1.807) is 18.2 Å². The minimum atomic E-state index is -4.47. The number of carbonyl (C=O) groups excluding carboxylic acids is 2. The standard InChI is InChI=1S/C28H26F3N3O2/c1-18(2)14-15-34-24-13-12-23(33-26(35)19-8-10-21(11-9-19)28(29,30)31)16-20(24)17-25(34)27(36)32-22-6-4-3-5-7-22/h3-13,16-18H,14-15H2,1-2H3,(H,32,36)(H,33,35). The predicted molar refractivity (Wildman–Crippen MR) is 135 cm³/mol. The van der Waals surface area contributed by atoms with Crippen LogP contribution in [0, 0.1) is 5.92 Å². The van der Waals surface area contributed by atoms with Crippen molar-refractivity contribution in [2.75, 3.05) is 10.6 Å². The number of benzene rings is 3. The van der Waals surface area contributed by atoms with Gasteiger partial charge in [0.1, 0.15) is 5.69 Å². The van der Waals surface area contributed by atoms with E-state index < -0.39 is 17.6 Å². The van der Waals surface area contributed by atoms with Crippen LogP contribution in [0.25, 0.3) is 10.9 Å². The third kappa shape index (κ3) is 5.76. The monoisotopic (exact) mass is 493 g/mol. The molecule has 4 aromatic rings. The van der Waals surface area contributed by atoms with Crippen LogP contribution in [-0.4, -0.2) is 16.4 Å². The lowest BCUT2D eigenvalue weighted by atomic mass is 10.1. The lowest BCUT2D eigenvalue weighted by Crippen LogP contribution is -2.17. The number of para-hydroxylation sites is 1. The molecule has 1 heterocycles. The van der Waals surface area contributed by atoms with Gasteiger partial charge in [-0.05, 0) is 73.0 Å². The summed E-state index contributed by atoms with van der Waals surface area (Å²) >= 11 is 0. The number of halogens is 3. The van der Waals surface area contributed by atoms with Gasteiger partial charge in [-0.2, -0.15) is 13.2 Å². The summed E-state index contributed by atoms with van der Waals surface area (Å²) in [7, 11) is 0. The molecule has 0 aliphatic rings. The second-order valence-electron chi connectivity index (χ2n) is 8.99. The molecule has 36 heavy (non-hydrogen) atoms. The molecule has 0 atom stereocenters. The SMILES string of the molecule is CC(C)CCn1c(C(=O)Nc2ccccc2)cc2cc(NC(=O)c3ccc(C(F)(F)F)cc3)ccc21.